The van der Waals surface area contributed by atoms with Crippen LogP contribution in [0.1, 0.15) is 34.7 Å². The largest absolute Gasteiger partial charge is 0.432 e. The van der Waals surface area contributed by atoms with Gasteiger partial charge >= 0.3 is 12.1 Å². The molecule has 0 saturated heterocycles. The number of hydrazine groups is 1. The number of aromatic nitrogens is 3. The highest BCUT2D eigenvalue weighted by Crippen LogP contribution is 2.32. The number of pyridine rings is 1. The predicted molar refractivity (Wildman–Crippen MR) is 141 cm³/mol. The zero-order valence-corrected chi connectivity index (χ0v) is 23.8. The second-order valence-corrected chi connectivity index (χ2v) is 9.74. The molecule has 2 amide bonds. The Hall–Kier alpha value is -2.32. The van der Waals surface area contributed by atoms with Crippen molar-refractivity contribution in [2.75, 3.05) is 18.4 Å². The summed E-state index contributed by atoms with van der Waals surface area (Å²) in [6.07, 6.45) is 0.640. The Balaban J connectivity index is 1.95. The van der Waals surface area contributed by atoms with Crippen LogP contribution in [0.2, 0.25) is 5.02 Å². The van der Waals surface area contributed by atoms with Gasteiger partial charge < -0.3 is 10.1 Å². The van der Waals surface area contributed by atoms with Crippen LogP contribution < -0.4 is 10.7 Å². The third kappa shape index (κ3) is 6.47. The number of carbonyl (C=O) groups excluding carboxylic acids is 3. The summed E-state index contributed by atoms with van der Waals surface area (Å²) in [7, 11) is 0. The Kier molecular flexibility index (Phi) is 9.41. The molecule has 0 bridgehead atoms. The average molecular weight is 694 g/mol. The van der Waals surface area contributed by atoms with E-state index in [-0.39, 0.29) is 34.3 Å². The van der Waals surface area contributed by atoms with E-state index >= 15 is 0 Å². The molecule has 0 fully saturated rings. The number of hydrogen-bond donors (Lipinski definition) is 2. The molecular weight excluding hydrogens is 675 g/mol. The average Bonchev–Trinajstić information content (AvgIpc) is 3.20. The zero-order chi connectivity index (χ0) is 25.7. The molecule has 3 aromatic rings. The van der Waals surface area contributed by atoms with Gasteiger partial charge in [0, 0.05) is 34.3 Å². The summed E-state index contributed by atoms with van der Waals surface area (Å²) in [5, 5.41) is 8.37. The third-order valence-corrected chi connectivity index (χ3v) is 6.20. The number of nitrogens with one attached hydrogen (secondary N) is 2. The first-order valence-corrected chi connectivity index (χ1v) is 12.9. The first-order valence-electron chi connectivity index (χ1n) is 10.1. The van der Waals surface area contributed by atoms with Gasteiger partial charge in [0.05, 0.1) is 16.3 Å². The van der Waals surface area contributed by atoms with Crippen molar-refractivity contribution in [3.8, 4) is 5.82 Å². The summed E-state index contributed by atoms with van der Waals surface area (Å²) in [5.41, 5.74) is 2.93. The fraction of sp³-hybridized carbons (Fsp3) is 0.190. The molecule has 0 aliphatic carbocycles. The maximum atomic E-state index is 13.3. The van der Waals surface area contributed by atoms with E-state index in [9.17, 15) is 14.4 Å². The second kappa shape index (κ2) is 12.1. The highest BCUT2D eigenvalue weighted by Gasteiger charge is 2.25. The molecule has 0 unspecified atom stereocenters. The molecule has 0 atom stereocenters. The second-order valence-electron chi connectivity index (χ2n) is 6.75. The number of amides is 2. The van der Waals surface area contributed by atoms with Crippen LogP contribution in [0, 0.1) is 0 Å². The van der Waals surface area contributed by atoms with Gasteiger partial charge in [0.15, 0.2) is 5.82 Å². The van der Waals surface area contributed by atoms with Gasteiger partial charge in [0.2, 0.25) is 0 Å². The number of halogens is 4. The molecule has 0 spiro atoms. The van der Waals surface area contributed by atoms with Gasteiger partial charge in [0.25, 0.3) is 5.91 Å². The van der Waals surface area contributed by atoms with Crippen LogP contribution in [0.5, 0.6) is 0 Å². The normalized spacial score (nSPS) is 10.7. The van der Waals surface area contributed by atoms with Crippen molar-refractivity contribution in [2.24, 2.45) is 0 Å². The molecule has 35 heavy (non-hydrogen) atoms. The molecule has 1 aromatic carbocycles. The maximum Gasteiger partial charge on any atom is 0.432 e. The first kappa shape index (κ1) is 27.3. The van der Waals surface area contributed by atoms with E-state index in [1.54, 1.807) is 32.0 Å². The Morgan fingerprint density at radius 1 is 1.17 bits per heavy atom. The number of rotatable bonds is 7. The molecule has 0 aliphatic rings. The lowest BCUT2D eigenvalue weighted by Crippen LogP contribution is -2.43. The molecule has 2 heterocycles. The van der Waals surface area contributed by atoms with Crippen LogP contribution in [0.25, 0.3) is 5.82 Å². The quantitative estimate of drug-likeness (QED) is 0.189. The van der Waals surface area contributed by atoms with Crippen LogP contribution in [-0.2, 0) is 4.74 Å². The smallest absolute Gasteiger partial charge is 0.371 e. The highest BCUT2D eigenvalue weighted by molar-refractivity contribution is 9.11. The van der Waals surface area contributed by atoms with Gasteiger partial charge in [0.1, 0.15) is 10.3 Å². The summed E-state index contributed by atoms with van der Waals surface area (Å²) in [6.45, 7) is 4.27. The molecule has 2 aromatic heterocycles. The Morgan fingerprint density at radius 2 is 1.91 bits per heavy atom. The minimum Gasteiger partial charge on any atom is -0.371 e. The molecule has 2 N–H and O–H groups in total. The Labute approximate surface area is 230 Å². The van der Waals surface area contributed by atoms with Gasteiger partial charge in [-0.15, -0.1) is 0 Å². The lowest BCUT2D eigenvalue weighted by molar-refractivity contribution is 0.0502. The number of benzene rings is 1. The van der Waals surface area contributed by atoms with E-state index in [1.807, 2.05) is 0 Å². The van der Waals surface area contributed by atoms with E-state index < -0.39 is 18.0 Å². The Bertz CT molecular complexity index is 1290. The summed E-state index contributed by atoms with van der Waals surface area (Å²) in [4.78, 5) is 42.8. The highest BCUT2D eigenvalue weighted by atomic mass is 79.9. The molecule has 0 saturated carbocycles. The summed E-state index contributed by atoms with van der Waals surface area (Å²) in [6, 6.07) is 7.81. The first-order chi connectivity index (χ1) is 16.7. The lowest BCUT2D eigenvalue weighted by atomic mass is 10.1. The van der Waals surface area contributed by atoms with Crippen molar-refractivity contribution in [3.05, 3.63) is 66.4 Å². The molecular formula is C21H18Br3ClN6O4. The van der Waals surface area contributed by atoms with E-state index in [0.717, 1.165) is 5.01 Å². The molecule has 14 heteroatoms. The van der Waals surface area contributed by atoms with E-state index in [1.165, 1.54) is 23.0 Å². The lowest BCUT2D eigenvalue weighted by Gasteiger charge is -2.20. The third-order valence-electron chi connectivity index (χ3n) is 4.43. The maximum absolute atomic E-state index is 13.3. The van der Waals surface area contributed by atoms with Crippen LogP contribution in [-0.4, -0.2) is 50.8 Å². The van der Waals surface area contributed by atoms with Gasteiger partial charge in [-0.3, -0.25) is 4.79 Å². The summed E-state index contributed by atoms with van der Waals surface area (Å²) >= 11 is 16.2. The zero-order valence-electron chi connectivity index (χ0n) is 18.3. The number of esters is 1. The van der Waals surface area contributed by atoms with Crippen molar-refractivity contribution in [2.45, 2.75) is 13.8 Å². The van der Waals surface area contributed by atoms with Crippen molar-refractivity contribution < 1.29 is 19.1 Å². The van der Waals surface area contributed by atoms with Gasteiger partial charge in [-0.25, -0.2) is 29.7 Å². The van der Waals surface area contributed by atoms with Crippen LogP contribution in [0.3, 0.4) is 0 Å². The van der Waals surface area contributed by atoms with Crippen LogP contribution in [0.4, 0.5) is 10.5 Å². The van der Waals surface area contributed by atoms with E-state index in [2.05, 4.69) is 68.6 Å². The number of carbonyl (C=O) groups is 3. The molecule has 0 radical (unpaired) electrons. The molecule has 3 rings (SSSR count). The fourth-order valence-electron chi connectivity index (χ4n) is 2.93. The number of nitrogens with zero attached hydrogens (tertiary/aromatic N) is 4. The van der Waals surface area contributed by atoms with Gasteiger partial charge in [-0.1, -0.05) is 34.5 Å². The predicted octanol–water partition coefficient (Wildman–Crippen LogP) is 5.58. The number of hydrogen-bond acceptors (Lipinski definition) is 7. The number of ether oxygens (including phenoxy) is 1. The monoisotopic (exact) mass is 690 g/mol. The minimum atomic E-state index is -0.953. The fourth-order valence-corrected chi connectivity index (χ4v) is 4.83. The van der Waals surface area contributed by atoms with Crippen molar-refractivity contribution in [3.63, 3.8) is 0 Å². The topological polar surface area (TPSA) is 118 Å². The summed E-state index contributed by atoms with van der Waals surface area (Å²) in [5.74, 6) is -1.32. The van der Waals surface area contributed by atoms with Gasteiger partial charge in [-0.05, 0) is 63.0 Å². The van der Waals surface area contributed by atoms with Crippen LogP contribution >= 0.6 is 59.4 Å². The van der Waals surface area contributed by atoms with E-state index in [4.69, 9.17) is 16.3 Å². The van der Waals surface area contributed by atoms with Gasteiger partial charge in [-0.2, -0.15) is 5.10 Å². The van der Waals surface area contributed by atoms with E-state index in [0.29, 0.717) is 20.1 Å². The van der Waals surface area contributed by atoms with Crippen molar-refractivity contribution in [1.82, 2.24) is 25.2 Å². The van der Waals surface area contributed by atoms with Crippen LogP contribution in [0.15, 0.2) is 50.1 Å². The standard InChI is InChI=1S/C21H18Br3ClN6O4/c1-3-27-30(4-2)21(34)35-20(33)12-8-11(22)9-13(23)17(12)28-19(32)15-10-16(24)29-31(15)18-14(25)6-5-7-26-18/h5-10,27H,3-4H2,1-2H3,(H,28,32). The minimum absolute atomic E-state index is 0.0542. The van der Waals surface area contributed by atoms with Crippen molar-refractivity contribution in [1.29, 1.82) is 0 Å². The summed E-state index contributed by atoms with van der Waals surface area (Å²) < 4.78 is 7.57. The molecule has 0 aliphatic heterocycles. The molecule has 10 nitrogen and oxygen atoms in total. The Morgan fingerprint density at radius 3 is 2.57 bits per heavy atom. The number of anilines is 1. The van der Waals surface area contributed by atoms with Crippen molar-refractivity contribution >= 4 is 83.0 Å². The SMILES string of the molecule is CCNN(CC)C(=O)OC(=O)c1cc(Br)cc(Br)c1NC(=O)c1cc(Br)nn1-c1ncccc1Cl. The molecule has 184 valence electrons.